The Kier molecular flexibility index (Phi) is 7.52. The lowest BCUT2D eigenvalue weighted by atomic mass is 9.96. The zero-order valence-electron chi connectivity index (χ0n) is 19.7. The van der Waals surface area contributed by atoms with Gasteiger partial charge in [-0.15, -0.1) is 0 Å². The van der Waals surface area contributed by atoms with E-state index in [9.17, 15) is 9.59 Å². The zero-order valence-corrected chi connectivity index (χ0v) is 22.1. The smallest absolute Gasteiger partial charge is 0.338 e. The molecule has 2 aromatic carbocycles. The van der Waals surface area contributed by atoms with Crippen LogP contribution in [0.2, 0.25) is 0 Å². The number of benzene rings is 2. The molecule has 0 fully saturated rings. The number of esters is 1. The molecule has 2 heterocycles. The molecule has 1 atom stereocenters. The molecule has 1 aliphatic rings. The molecule has 0 N–H and O–H groups in total. The molecule has 8 heteroatoms. The van der Waals surface area contributed by atoms with Gasteiger partial charge in [-0.3, -0.25) is 9.36 Å². The minimum atomic E-state index is -0.661. The fourth-order valence-electron chi connectivity index (χ4n) is 3.86. The molecule has 0 bridgehead atoms. The second-order valence-corrected chi connectivity index (χ2v) is 9.84. The summed E-state index contributed by atoms with van der Waals surface area (Å²) in [6.45, 7) is 9.81. The van der Waals surface area contributed by atoms with Crippen molar-refractivity contribution in [2.24, 2.45) is 4.99 Å². The Bertz CT molecular complexity index is 1500. The van der Waals surface area contributed by atoms with Crippen LogP contribution in [0, 0.1) is 6.92 Å². The first kappa shape index (κ1) is 24.9. The van der Waals surface area contributed by atoms with Crippen LogP contribution in [-0.4, -0.2) is 23.8 Å². The number of ether oxygens (including phenoxy) is 2. The van der Waals surface area contributed by atoms with Gasteiger partial charge in [0.15, 0.2) is 4.80 Å². The Labute approximate surface area is 215 Å². The number of hydrogen-bond donors (Lipinski definition) is 0. The third-order valence-corrected chi connectivity index (χ3v) is 7.41. The van der Waals surface area contributed by atoms with Crippen LogP contribution < -0.4 is 19.6 Å². The molecular formula is C27H25BrN2O4S. The summed E-state index contributed by atoms with van der Waals surface area (Å²) in [5, 5.41) is 0. The summed E-state index contributed by atoms with van der Waals surface area (Å²) in [4.78, 5) is 31.8. The molecular weight excluding hydrogens is 528 g/mol. The van der Waals surface area contributed by atoms with Gasteiger partial charge in [-0.2, -0.15) is 0 Å². The van der Waals surface area contributed by atoms with Crippen molar-refractivity contribution in [3.8, 4) is 5.75 Å². The van der Waals surface area contributed by atoms with Gasteiger partial charge in [0.25, 0.3) is 5.56 Å². The van der Waals surface area contributed by atoms with Crippen molar-refractivity contribution < 1.29 is 14.3 Å². The number of nitrogens with zero attached hydrogens (tertiary/aromatic N) is 2. The van der Waals surface area contributed by atoms with E-state index in [4.69, 9.17) is 9.47 Å². The third-order valence-electron chi connectivity index (χ3n) is 5.57. The van der Waals surface area contributed by atoms with E-state index in [1.807, 2.05) is 55.5 Å². The number of hydrogen-bond acceptors (Lipinski definition) is 6. The van der Waals surface area contributed by atoms with Gasteiger partial charge in [0.05, 0.1) is 28.5 Å². The predicted molar refractivity (Wildman–Crippen MR) is 141 cm³/mol. The predicted octanol–water partition coefficient (Wildman–Crippen LogP) is 4.43. The monoisotopic (exact) mass is 552 g/mol. The summed E-state index contributed by atoms with van der Waals surface area (Å²) in [5.41, 5.74) is 3.44. The van der Waals surface area contributed by atoms with Crippen LogP contribution in [-0.2, 0) is 9.53 Å². The van der Waals surface area contributed by atoms with E-state index in [1.54, 1.807) is 24.5 Å². The van der Waals surface area contributed by atoms with Gasteiger partial charge in [0.2, 0.25) is 0 Å². The Balaban J connectivity index is 1.89. The number of aromatic nitrogens is 1. The van der Waals surface area contributed by atoms with Gasteiger partial charge in [-0.25, -0.2) is 9.79 Å². The summed E-state index contributed by atoms with van der Waals surface area (Å²) in [7, 11) is 0. The van der Waals surface area contributed by atoms with Crippen molar-refractivity contribution in [2.45, 2.75) is 26.8 Å². The minimum absolute atomic E-state index is 0.211. The lowest BCUT2D eigenvalue weighted by molar-refractivity contribution is -0.139. The number of rotatable bonds is 7. The minimum Gasteiger partial charge on any atom is -0.490 e. The average molecular weight is 553 g/mol. The zero-order chi connectivity index (χ0) is 25.1. The topological polar surface area (TPSA) is 69.9 Å². The number of aryl methyl sites for hydroxylation is 1. The highest BCUT2D eigenvalue weighted by atomic mass is 79.9. The molecule has 0 saturated heterocycles. The SMILES string of the molecule is C=CCOc1ccc(C2C(C(=O)OCC)=C(C)N=c3s/c(=C/c4ccc(C)c(Br)c4)c(=O)n32)cc1. The van der Waals surface area contributed by atoms with Gasteiger partial charge < -0.3 is 9.47 Å². The maximum atomic E-state index is 13.7. The van der Waals surface area contributed by atoms with Gasteiger partial charge >= 0.3 is 5.97 Å². The van der Waals surface area contributed by atoms with E-state index in [2.05, 4.69) is 27.5 Å². The quantitative estimate of drug-likeness (QED) is 0.321. The molecule has 180 valence electrons. The van der Waals surface area contributed by atoms with Crippen molar-refractivity contribution in [3.63, 3.8) is 0 Å². The standard InChI is InChI=1S/C27H25BrN2O4S/c1-5-13-34-20-11-9-19(10-12-20)24-23(26(32)33-6-2)17(4)29-27-30(24)25(31)22(35-27)15-18-8-7-16(3)21(28)14-18/h5,7-12,14-15,24H,1,6,13H2,2-4H3/b22-15+. The summed E-state index contributed by atoms with van der Waals surface area (Å²) < 4.78 is 14.0. The normalized spacial score (nSPS) is 15.4. The second kappa shape index (κ2) is 10.6. The lowest BCUT2D eigenvalue weighted by Gasteiger charge is -2.24. The molecule has 0 saturated carbocycles. The molecule has 1 unspecified atom stereocenters. The fraction of sp³-hybridized carbons (Fsp3) is 0.222. The Morgan fingerprint density at radius 2 is 1.97 bits per heavy atom. The molecule has 4 rings (SSSR count). The molecule has 35 heavy (non-hydrogen) atoms. The number of carbonyl (C=O) groups excluding carboxylic acids is 1. The van der Waals surface area contributed by atoms with Crippen LogP contribution in [0.4, 0.5) is 0 Å². The van der Waals surface area contributed by atoms with E-state index in [0.29, 0.717) is 33.0 Å². The van der Waals surface area contributed by atoms with Crippen molar-refractivity contribution in [1.82, 2.24) is 4.57 Å². The Hall–Kier alpha value is -3.23. The highest BCUT2D eigenvalue weighted by Gasteiger charge is 2.33. The molecule has 0 amide bonds. The van der Waals surface area contributed by atoms with Crippen molar-refractivity contribution in [2.75, 3.05) is 13.2 Å². The van der Waals surface area contributed by atoms with Crippen LogP contribution in [0.25, 0.3) is 6.08 Å². The molecule has 1 aromatic heterocycles. The van der Waals surface area contributed by atoms with E-state index < -0.39 is 12.0 Å². The van der Waals surface area contributed by atoms with E-state index in [0.717, 1.165) is 21.2 Å². The first-order valence-corrected chi connectivity index (χ1v) is 12.7. The van der Waals surface area contributed by atoms with E-state index in [-0.39, 0.29) is 12.2 Å². The van der Waals surface area contributed by atoms with Crippen LogP contribution in [0.5, 0.6) is 5.75 Å². The second-order valence-electron chi connectivity index (χ2n) is 7.98. The van der Waals surface area contributed by atoms with Crippen molar-refractivity contribution in [1.29, 1.82) is 0 Å². The van der Waals surface area contributed by atoms with Gasteiger partial charge in [-0.1, -0.05) is 64.2 Å². The van der Waals surface area contributed by atoms with E-state index >= 15 is 0 Å². The summed E-state index contributed by atoms with van der Waals surface area (Å²) >= 11 is 4.85. The van der Waals surface area contributed by atoms with E-state index in [1.165, 1.54) is 11.3 Å². The number of halogens is 1. The molecule has 1 aliphatic heterocycles. The van der Waals surface area contributed by atoms with Crippen LogP contribution >= 0.6 is 27.3 Å². The highest BCUT2D eigenvalue weighted by molar-refractivity contribution is 9.10. The molecule has 0 aliphatic carbocycles. The maximum absolute atomic E-state index is 13.7. The molecule has 6 nitrogen and oxygen atoms in total. The van der Waals surface area contributed by atoms with Crippen molar-refractivity contribution >= 4 is 39.3 Å². The first-order chi connectivity index (χ1) is 16.8. The summed E-state index contributed by atoms with van der Waals surface area (Å²) in [6.07, 6.45) is 3.52. The fourth-order valence-corrected chi connectivity index (χ4v) is 5.30. The number of carbonyl (C=O) groups is 1. The Morgan fingerprint density at radius 3 is 2.63 bits per heavy atom. The molecule has 0 spiro atoms. The van der Waals surface area contributed by atoms with Crippen LogP contribution in [0.3, 0.4) is 0 Å². The molecule has 3 aromatic rings. The summed E-state index contributed by atoms with van der Waals surface area (Å²) in [5.74, 6) is 0.187. The highest BCUT2D eigenvalue weighted by Crippen LogP contribution is 2.31. The average Bonchev–Trinajstić information content (AvgIpc) is 3.14. The number of allylic oxidation sites excluding steroid dienone is 1. The maximum Gasteiger partial charge on any atom is 0.338 e. The van der Waals surface area contributed by atoms with Crippen LogP contribution in [0.1, 0.15) is 36.6 Å². The summed E-state index contributed by atoms with van der Waals surface area (Å²) in [6, 6.07) is 12.6. The van der Waals surface area contributed by atoms with Gasteiger partial charge in [0, 0.05) is 4.47 Å². The molecule has 0 radical (unpaired) electrons. The largest absolute Gasteiger partial charge is 0.490 e. The third kappa shape index (κ3) is 5.09. The van der Waals surface area contributed by atoms with Gasteiger partial charge in [0.1, 0.15) is 12.4 Å². The first-order valence-electron chi connectivity index (χ1n) is 11.1. The van der Waals surface area contributed by atoms with Crippen molar-refractivity contribution in [3.05, 3.63) is 107 Å². The van der Waals surface area contributed by atoms with Crippen LogP contribution in [0.15, 0.2) is 80.6 Å². The number of fused-ring (bicyclic) bond motifs is 1. The Morgan fingerprint density at radius 1 is 1.23 bits per heavy atom. The lowest BCUT2D eigenvalue weighted by Crippen LogP contribution is -2.39. The van der Waals surface area contributed by atoms with Gasteiger partial charge in [-0.05, 0) is 61.7 Å². The number of thiazole rings is 1.